The van der Waals surface area contributed by atoms with Crippen molar-refractivity contribution in [3.8, 4) is 0 Å². The van der Waals surface area contributed by atoms with Gasteiger partial charge in [-0.25, -0.2) is 8.42 Å². The maximum Gasteiger partial charge on any atom is 1.00 e. The Bertz CT molecular complexity index is 878. The van der Waals surface area contributed by atoms with E-state index in [1.807, 2.05) is 0 Å². The second-order valence-electron chi connectivity index (χ2n) is 8.58. The first-order valence-electron chi connectivity index (χ1n) is 12.0. The molecule has 0 amide bonds. The van der Waals surface area contributed by atoms with Gasteiger partial charge in [0.2, 0.25) is 0 Å². The predicted molar refractivity (Wildman–Crippen MR) is 126 cm³/mol. The molecule has 2 aromatic rings. The van der Waals surface area contributed by atoms with E-state index >= 15 is 0 Å². The third-order valence-electron chi connectivity index (χ3n) is 6.07. The summed E-state index contributed by atoms with van der Waals surface area (Å²) in [7, 11) is -4.44. The van der Waals surface area contributed by atoms with E-state index in [1.165, 1.54) is 81.4 Å². The van der Waals surface area contributed by atoms with Gasteiger partial charge < -0.3 is 4.55 Å². The van der Waals surface area contributed by atoms with Crippen molar-refractivity contribution in [2.75, 3.05) is 0 Å². The standard InChI is InChI=1S/C26H40O3S.K/c1-3-5-7-9-11-13-15-22-17-18-23-19-20-24(30(27,28)29)21-26(23)25(22)16-14-12-10-8-6-4-2;/h17-21H,3-16H2,1-2H3,(H,27,28,29);/q;+1/p-1. The normalized spacial score (nSPS) is 11.6. The fraction of sp³-hybridized carbons (Fsp3) is 0.615. The van der Waals surface area contributed by atoms with Crippen LogP contribution in [0.5, 0.6) is 0 Å². The number of hydrogen-bond acceptors (Lipinski definition) is 3. The summed E-state index contributed by atoms with van der Waals surface area (Å²) in [6.45, 7) is 4.46. The van der Waals surface area contributed by atoms with Gasteiger partial charge >= 0.3 is 51.4 Å². The first-order chi connectivity index (χ1) is 14.5. The van der Waals surface area contributed by atoms with Crippen LogP contribution in [0.1, 0.15) is 102 Å². The van der Waals surface area contributed by atoms with Crippen LogP contribution in [0.4, 0.5) is 0 Å². The van der Waals surface area contributed by atoms with Crippen LogP contribution in [0.15, 0.2) is 35.2 Å². The summed E-state index contributed by atoms with van der Waals surface area (Å²) in [6.07, 6.45) is 17.0. The van der Waals surface area contributed by atoms with Gasteiger partial charge in [0.25, 0.3) is 0 Å². The zero-order valence-corrected chi connectivity index (χ0v) is 23.9. The zero-order chi connectivity index (χ0) is 21.8. The third kappa shape index (κ3) is 10.4. The number of aryl methyl sites for hydroxylation is 2. The molecule has 0 N–H and O–H groups in total. The van der Waals surface area contributed by atoms with Crippen molar-refractivity contribution in [3.63, 3.8) is 0 Å². The van der Waals surface area contributed by atoms with Crippen molar-refractivity contribution in [1.29, 1.82) is 0 Å². The van der Waals surface area contributed by atoms with Crippen molar-refractivity contribution < 1.29 is 64.4 Å². The van der Waals surface area contributed by atoms with Crippen LogP contribution in [0.25, 0.3) is 10.8 Å². The number of benzene rings is 2. The van der Waals surface area contributed by atoms with Crippen molar-refractivity contribution in [2.24, 2.45) is 0 Å². The average molecular weight is 471 g/mol. The molecule has 0 aliphatic rings. The maximum atomic E-state index is 11.6. The summed E-state index contributed by atoms with van der Waals surface area (Å²) in [5.41, 5.74) is 2.58. The Morgan fingerprint density at radius 2 is 1.23 bits per heavy atom. The van der Waals surface area contributed by atoms with Crippen molar-refractivity contribution >= 4 is 20.9 Å². The molecule has 0 aromatic heterocycles. The summed E-state index contributed by atoms with van der Waals surface area (Å²) in [6, 6.07) is 9.11. The molecule has 0 atom stereocenters. The molecule has 3 nitrogen and oxygen atoms in total. The topological polar surface area (TPSA) is 57.2 Å². The van der Waals surface area contributed by atoms with Gasteiger partial charge in [-0.2, -0.15) is 0 Å². The number of hydrogen-bond donors (Lipinski definition) is 0. The Kier molecular flexibility index (Phi) is 15.1. The smallest absolute Gasteiger partial charge is 0.744 e. The van der Waals surface area contributed by atoms with Crippen LogP contribution in [0.3, 0.4) is 0 Å². The number of fused-ring (bicyclic) bond motifs is 1. The van der Waals surface area contributed by atoms with Crippen LogP contribution in [-0.2, 0) is 23.0 Å². The quantitative estimate of drug-likeness (QED) is 0.218. The van der Waals surface area contributed by atoms with E-state index in [0.717, 1.165) is 36.5 Å². The van der Waals surface area contributed by atoms with E-state index in [-0.39, 0.29) is 56.3 Å². The molecule has 0 aliphatic heterocycles. The van der Waals surface area contributed by atoms with Crippen LogP contribution in [-0.4, -0.2) is 13.0 Å². The molecular weight excluding hydrogens is 431 g/mol. The molecule has 0 fully saturated rings. The van der Waals surface area contributed by atoms with E-state index in [1.54, 1.807) is 12.1 Å². The van der Waals surface area contributed by atoms with Gasteiger partial charge in [-0.3, -0.25) is 0 Å². The molecule has 2 rings (SSSR count). The minimum absolute atomic E-state index is 0. The van der Waals surface area contributed by atoms with E-state index in [9.17, 15) is 13.0 Å². The summed E-state index contributed by atoms with van der Waals surface area (Å²) in [5.74, 6) is 0. The van der Waals surface area contributed by atoms with Crippen molar-refractivity contribution in [3.05, 3.63) is 41.5 Å². The van der Waals surface area contributed by atoms with Crippen LogP contribution in [0, 0.1) is 0 Å². The Morgan fingerprint density at radius 3 is 1.81 bits per heavy atom. The van der Waals surface area contributed by atoms with E-state index in [2.05, 4.69) is 26.0 Å². The molecule has 0 aliphatic carbocycles. The first kappa shape index (κ1) is 29.3. The maximum absolute atomic E-state index is 11.6. The van der Waals surface area contributed by atoms with Crippen molar-refractivity contribution in [2.45, 2.75) is 109 Å². The van der Waals surface area contributed by atoms with Gasteiger partial charge in [0.05, 0.1) is 4.90 Å². The second-order valence-corrected chi connectivity index (χ2v) is 9.96. The van der Waals surface area contributed by atoms with Crippen LogP contribution in [0.2, 0.25) is 0 Å². The van der Waals surface area contributed by atoms with Crippen LogP contribution >= 0.6 is 0 Å². The molecule has 168 valence electrons. The summed E-state index contributed by atoms with van der Waals surface area (Å²) in [5, 5.41) is 1.97. The van der Waals surface area contributed by atoms with Gasteiger partial charge in [-0.05, 0) is 59.7 Å². The molecule has 0 saturated carbocycles. The molecule has 0 radical (unpaired) electrons. The van der Waals surface area contributed by atoms with Gasteiger partial charge in [-0.15, -0.1) is 0 Å². The van der Waals surface area contributed by atoms with Gasteiger partial charge in [0.15, 0.2) is 0 Å². The van der Waals surface area contributed by atoms with Gasteiger partial charge in [0, 0.05) is 0 Å². The Labute approximate surface area is 233 Å². The Morgan fingerprint density at radius 1 is 0.710 bits per heavy atom. The molecule has 0 unspecified atom stereocenters. The van der Waals surface area contributed by atoms with E-state index in [4.69, 9.17) is 0 Å². The number of unbranched alkanes of at least 4 members (excludes halogenated alkanes) is 10. The molecule has 31 heavy (non-hydrogen) atoms. The molecule has 0 heterocycles. The number of rotatable bonds is 15. The molecule has 0 bridgehead atoms. The molecule has 2 aromatic carbocycles. The molecular formula is C26H39KO3S. The second kappa shape index (κ2) is 16.0. The molecule has 0 saturated heterocycles. The SMILES string of the molecule is CCCCCCCCc1ccc2ccc(S(=O)(=O)[O-])cc2c1CCCCCCCC.[K+]. The van der Waals surface area contributed by atoms with Crippen LogP contribution < -0.4 is 51.4 Å². The summed E-state index contributed by atoms with van der Waals surface area (Å²) in [4.78, 5) is -0.115. The molecule has 5 heteroatoms. The fourth-order valence-corrected chi connectivity index (χ4v) is 4.77. The minimum atomic E-state index is -4.44. The zero-order valence-electron chi connectivity index (χ0n) is 19.9. The first-order valence-corrected chi connectivity index (χ1v) is 13.4. The van der Waals surface area contributed by atoms with Crippen molar-refractivity contribution in [1.82, 2.24) is 0 Å². The summed E-state index contributed by atoms with van der Waals surface area (Å²) >= 11 is 0. The Hall–Kier alpha value is 0.246. The summed E-state index contributed by atoms with van der Waals surface area (Å²) < 4.78 is 34.7. The predicted octanol–water partition coefficient (Wildman–Crippen LogP) is 4.55. The average Bonchev–Trinajstić information content (AvgIpc) is 2.72. The largest absolute Gasteiger partial charge is 1.00 e. The fourth-order valence-electron chi connectivity index (χ4n) is 4.27. The van der Waals surface area contributed by atoms with E-state index in [0.29, 0.717) is 0 Å². The van der Waals surface area contributed by atoms with Gasteiger partial charge in [0.1, 0.15) is 10.1 Å². The molecule has 0 spiro atoms. The monoisotopic (exact) mass is 470 g/mol. The van der Waals surface area contributed by atoms with E-state index < -0.39 is 10.1 Å². The Balaban J connectivity index is 0.00000480. The van der Waals surface area contributed by atoms with Gasteiger partial charge in [-0.1, -0.05) is 96.3 Å². The third-order valence-corrected chi connectivity index (χ3v) is 6.90. The minimum Gasteiger partial charge on any atom is -0.744 e.